The number of benzene rings is 1. The van der Waals surface area contributed by atoms with Crippen molar-refractivity contribution in [3.8, 4) is 5.75 Å². The summed E-state index contributed by atoms with van der Waals surface area (Å²) in [5.74, 6) is 0.0383. The first-order chi connectivity index (χ1) is 9.92. The van der Waals surface area contributed by atoms with Gasteiger partial charge in [0.05, 0.1) is 23.7 Å². The normalized spacial score (nSPS) is 10.5. The SMILES string of the molecule is COc1cc([N+](=O)[O-])ccc1C(=O)N(CCCBr)C(C)C. The van der Waals surface area contributed by atoms with Crippen LogP contribution in [0.3, 0.4) is 0 Å². The van der Waals surface area contributed by atoms with Crippen molar-refractivity contribution in [3.05, 3.63) is 33.9 Å². The monoisotopic (exact) mass is 358 g/mol. The number of methoxy groups -OCH3 is 1. The quantitative estimate of drug-likeness (QED) is 0.426. The molecule has 0 spiro atoms. The molecule has 1 aromatic carbocycles. The van der Waals surface area contributed by atoms with Crippen molar-refractivity contribution in [2.24, 2.45) is 0 Å². The Morgan fingerprint density at radius 3 is 2.62 bits per heavy atom. The third-order valence-electron chi connectivity index (χ3n) is 3.04. The van der Waals surface area contributed by atoms with Gasteiger partial charge in [0.1, 0.15) is 5.75 Å². The predicted molar refractivity (Wildman–Crippen MR) is 84.2 cm³/mol. The molecule has 0 aliphatic rings. The first kappa shape index (κ1) is 17.4. The zero-order valence-electron chi connectivity index (χ0n) is 12.3. The summed E-state index contributed by atoms with van der Waals surface area (Å²) in [6, 6.07) is 4.08. The molecule has 0 atom stereocenters. The number of ether oxygens (including phenoxy) is 1. The van der Waals surface area contributed by atoms with Gasteiger partial charge in [0.25, 0.3) is 11.6 Å². The van der Waals surface area contributed by atoms with Gasteiger partial charge >= 0.3 is 0 Å². The number of rotatable bonds is 7. The van der Waals surface area contributed by atoms with E-state index < -0.39 is 4.92 Å². The maximum Gasteiger partial charge on any atom is 0.273 e. The first-order valence-corrected chi connectivity index (χ1v) is 7.73. The fraction of sp³-hybridized carbons (Fsp3) is 0.500. The van der Waals surface area contributed by atoms with E-state index in [0.29, 0.717) is 12.1 Å². The van der Waals surface area contributed by atoms with Crippen LogP contribution < -0.4 is 4.74 Å². The molecule has 0 heterocycles. The maximum atomic E-state index is 12.6. The fourth-order valence-corrected chi connectivity index (χ4v) is 2.20. The van der Waals surface area contributed by atoms with E-state index in [4.69, 9.17) is 4.74 Å². The molecule has 0 saturated heterocycles. The molecule has 0 fully saturated rings. The Morgan fingerprint density at radius 2 is 2.14 bits per heavy atom. The molecule has 6 nitrogen and oxygen atoms in total. The Kier molecular flexibility index (Phi) is 6.61. The Balaban J connectivity index is 3.12. The van der Waals surface area contributed by atoms with E-state index in [1.54, 1.807) is 4.90 Å². The van der Waals surface area contributed by atoms with E-state index in [2.05, 4.69) is 15.9 Å². The Morgan fingerprint density at radius 1 is 1.48 bits per heavy atom. The van der Waals surface area contributed by atoms with Gasteiger partial charge in [-0.25, -0.2) is 0 Å². The lowest BCUT2D eigenvalue weighted by atomic mass is 10.1. The summed E-state index contributed by atoms with van der Waals surface area (Å²) in [7, 11) is 1.40. The molecule has 21 heavy (non-hydrogen) atoms. The Bertz CT molecular complexity index is 520. The summed E-state index contributed by atoms with van der Waals surface area (Å²) < 4.78 is 5.13. The number of halogens is 1. The average molecular weight is 359 g/mol. The smallest absolute Gasteiger partial charge is 0.273 e. The first-order valence-electron chi connectivity index (χ1n) is 6.61. The van der Waals surface area contributed by atoms with Gasteiger partial charge in [0, 0.05) is 24.0 Å². The lowest BCUT2D eigenvalue weighted by Crippen LogP contribution is -2.38. The summed E-state index contributed by atoms with van der Waals surface area (Å²) >= 11 is 3.35. The van der Waals surface area contributed by atoms with Gasteiger partial charge in [-0.05, 0) is 26.3 Å². The number of nitro groups is 1. The highest BCUT2D eigenvalue weighted by molar-refractivity contribution is 9.09. The molecule has 0 unspecified atom stereocenters. The highest BCUT2D eigenvalue weighted by Gasteiger charge is 2.23. The summed E-state index contributed by atoms with van der Waals surface area (Å²) in [5, 5.41) is 11.6. The molecule has 1 aromatic rings. The summed E-state index contributed by atoms with van der Waals surface area (Å²) in [6.45, 7) is 4.48. The second kappa shape index (κ2) is 7.97. The van der Waals surface area contributed by atoms with Gasteiger partial charge in [-0.3, -0.25) is 14.9 Å². The minimum Gasteiger partial charge on any atom is -0.496 e. The molecular formula is C14H19BrN2O4. The van der Waals surface area contributed by atoms with E-state index in [0.717, 1.165) is 11.8 Å². The van der Waals surface area contributed by atoms with E-state index in [-0.39, 0.29) is 23.4 Å². The standard InChI is InChI=1S/C14H19BrN2O4/c1-10(2)16(8-4-7-15)14(18)12-6-5-11(17(19)20)9-13(12)21-3/h5-6,9-10H,4,7-8H2,1-3H3. The number of hydrogen-bond acceptors (Lipinski definition) is 4. The molecule has 0 bridgehead atoms. The van der Waals surface area contributed by atoms with Crippen LogP contribution in [0.15, 0.2) is 18.2 Å². The van der Waals surface area contributed by atoms with E-state index in [1.807, 2.05) is 13.8 Å². The van der Waals surface area contributed by atoms with Crippen LogP contribution in [0.1, 0.15) is 30.6 Å². The third-order valence-corrected chi connectivity index (χ3v) is 3.60. The minimum absolute atomic E-state index is 0.0384. The van der Waals surface area contributed by atoms with Crippen LogP contribution in [0.25, 0.3) is 0 Å². The number of nitro benzene ring substituents is 1. The second-order valence-electron chi connectivity index (χ2n) is 4.78. The number of hydrogen-bond donors (Lipinski definition) is 0. The van der Waals surface area contributed by atoms with Gasteiger partial charge in [-0.2, -0.15) is 0 Å². The van der Waals surface area contributed by atoms with Crippen molar-refractivity contribution in [1.29, 1.82) is 0 Å². The lowest BCUT2D eigenvalue weighted by Gasteiger charge is -2.27. The largest absolute Gasteiger partial charge is 0.496 e. The molecule has 0 aliphatic carbocycles. The van der Waals surface area contributed by atoms with Crippen LogP contribution in [0.4, 0.5) is 5.69 Å². The number of non-ortho nitro benzene ring substituents is 1. The summed E-state index contributed by atoms with van der Waals surface area (Å²) in [4.78, 5) is 24.6. The number of nitrogens with zero attached hydrogens (tertiary/aromatic N) is 2. The van der Waals surface area contributed by atoms with Gasteiger partial charge in [0.15, 0.2) is 0 Å². The number of carbonyl (C=O) groups excluding carboxylic acids is 1. The summed E-state index contributed by atoms with van der Waals surface area (Å²) in [6.07, 6.45) is 0.833. The second-order valence-corrected chi connectivity index (χ2v) is 5.57. The minimum atomic E-state index is -0.512. The fourth-order valence-electron chi connectivity index (χ4n) is 1.95. The van der Waals surface area contributed by atoms with Gasteiger partial charge in [-0.15, -0.1) is 0 Å². The zero-order chi connectivity index (χ0) is 16.0. The van der Waals surface area contributed by atoms with Gasteiger partial charge < -0.3 is 9.64 Å². The maximum absolute atomic E-state index is 12.6. The lowest BCUT2D eigenvalue weighted by molar-refractivity contribution is -0.384. The zero-order valence-corrected chi connectivity index (χ0v) is 13.9. The van der Waals surface area contributed by atoms with Gasteiger partial charge in [0.2, 0.25) is 0 Å². The Hall–Kier alpha value is -1.63. The van der Waals surface area contributed by atoms with Crippen LogP contribution in [-0.4, -0.2) is 40.8 Å². The van der Waals surface area contributed by atoms with E-state index in [9.17, 15) is 14.9 Å². The molecule has 0 N–H and O–H groups in total. The van der Waals surface area contributed by atoms with Crippen LogP contribution >= 0.6 is 15.9 Å². The molecule has 0 aromatic heterocycles. The van der Waals surface area contributed by atoms with Crippen LogP contribution in [0.2, 0.25) is 0 Å². The van der Waals surface area contributed by atoms with Crippen LogP contribution in [0.5, 0.6) is 5.75 Å². The van der Waals surface area contributed by atoms with Crippen molar-refractivity contribution in [3.63, 3.8) is 0 Å². The van der Waals surface area contributed by atoms with Crippen LogP contribution in [0, 0.1) is 10.1 Å². The predicted octanol–water partition coefficient (Wildman–Crippen LogP) is 3.24. The number of alkyl halides is 1. The van der Waals surface area contributed by atoms with E-state index in [1.165, 1.54) is 25.3 Å². The van der Waals surface area contributed by atoms with Crippen molar-refractivity contribution >= 4 is 27.5 Å². The molecule has 7 heteroatoms. The highest BCUT2D eigenvalue weighted by atomic mass is 79.9. The number of amides is 1. The van der Waals surface area contributed by atoms with Crippen molar-refractivity contribution < 1.29 is 14.5 Å². The van der Waals surface area contributed by atoms with Crippen molar-refractivity contribution in [2.75, 3.05) is 19.0 Å². The van der Waals surface area contributed by atoms with Crippen molar-refractivity contribution in [1.82, 2.24) is 4.90 Å². The number of carbonyl (C=O) groups is 1. The highest BCUT2D eigenvalue weighted by Crippen LogP contribution is 2.26. The Labute approximate surface area is 132 Å². The molecule has 1 amide bonds. The van der Waals surface area contributed by atoms with Crippen LogP contribution in [-0.2, 0) is 0 Å². The molecule has 0 aliphatic heterocycles. The molecule has 0 saturated carbocycles. The molecule has 1 rings (SSSR count). The topological polar surface area (TPSA) is 72.7 Å². The molecular weight excluding hydrogens is 340 g/mol. The van der Waals surface area contributed by atoms with E-state index >= 15 is 0 Å². The molecule has 0 radical (unpaired) electrons. The van der Waals surface area contributed by atoms with Crippen molar-refractivity contribution in [2.45, 2.75) is 26.3 Å². The summed E-state index contributed by atoms with van der Waals surface area (Å²) in [5.41, 5.74) is 0.242. The third kappa shape index (κ3) is 4.42. The molecule has 116 valence electrons. The average Bonchev–Trinajstić information content (AvgIpc) is 2.46. The van der Waals surface area contributed by atoms with Gasteiger partial charge in [-0.1, -0.05) is 15.9 Å².